The van der Waals surface area contributed by atoms with Crippen molar-refractivity contribution in [3.05, 3.63) is 35.9 Å². The molecular weight excluding hydrogens is 352 g/mol. The van der Waals surface area contributed by atoms with E-state index in [-0.39, 0.29) is 19.4 Å². The molecule has 1 aromatic carbocycles. The van der Waals surface area contributed by atoms with Crippen LogP contribution in [0.25, 0.3) is 0 Å². The summed E-state index contributed by atoms with van der Waals surface area (Å²) in [4.78, 5) is 35.7. The standard InChI is InChI=1S/C18H24N4O5/c1-12(23)15(17(25)21-14(16(20)24)9-5-6-10-19)22-18(26)27-11-13-7-3-2-4-8-13/h2-4,7-8,12,14-15,23H,5-6,9,11H2,1H3,(H2,20,24)(H,21,25)(H,22,26)/t12-,14+,15+/m1/s1. The normalized spacial score (nSPS) is 13.5. The highest BCUT2D eigenvalue weighted by Crippen LogP contribution is 2.04. The van der Waals surface area contributed by atoms with Crippen molar-refractivity contribution >= 4 is 17.9 Å². The van der Waals surface area contributed by atoms with Crippen LogP contribution >= 0.6 is 0 Å². The highest BCUT2D eigenvalue weighted by atomic mass is 16.5. The van der Waals surface area contributed by atoms with Crippen molar-refractivity contribution in [3.63, 3.8) is 0 Å². The maximum atomic E-state index is 12.3. The van der Waals surface area contributed by atoms with Crippen LogP contribution < -0.4 is 16.4 Å². The summed E-state index contributed by atoms with van der Waals surface area (Å²) in [6.45, 7) is 1.32. The van der Waals surface area contributed by atoms with Crippen LogP contribution in [0.5, 0.6) is 0 Å². The van der Waals surface area contributed by atoms with Crippen molar-refractivity contribution in [3.8, 4) is 6.07 Å². The van der Waals surface area contributed by atoms with Crippen molar-refractivity contribution < 1.29 is 24.2 Å². The number of primary amides is 1. The van der Waals surface area contributed by atoms with E-state index in [2.05, 4.69) is 10.6 Å². The van der Waals surface area contributed by atoms with E-state index in [0.717, 1.165) is 5.56 Å². The third-order valence-corrected chi connectivity index (χ3v) is 3.69. The van der Waals surface area contributed by atoms with E-state index in [1.807, 2.05) is 12.1 Å². The molecule has 1 aromatic rings. The molecule has 3 amide bonds. The highest BCUT2D eigenvalue weighted by molar-refractivity contribution is 5.91. The van der Waals surface area contributed by atoms with Gasteiger partial charge in [0, 0.05) is 6.42 Å². The van der Waals surface area contributed by atoms with Crippen molar-refractivity contribution in [1.82, 2.24) is 10.6 Å². The number of ether oxygens (including phenoxy) is 1. The molecule has 0 aliphatic rings. The van der Waals surface area contributed by atoms with E-state index in [4.69, 9.17) is 15.7 Å². The Morgan fingerprint density at radius 3 is 2.48 bits per heavy atom. The minimum atomic E-state index is -1.33. The number of carbonyl (C=O) groups is 3. The minimum absolute atomic E-state index is 0.00110. The smallest absolute Gasteiger partial charge is 0.408 e. The lowest BCUT2D eigenvalue weighted by Crippen LogP contribution is -2.56. The Labute approximate surface area is 157 Å². The van der Waals surface area contributed by atoms with Crippen LogP contribution in [0.1, 0.15) is 31.7 Å². The molecule has 0 aliphatic heterocycles. The lowest BCUT2D eigenvalue weighted by Gasteiger charge is -2.23. The van der Waals surface area contributed by atoms with Crippen molar-refractivity contribution in [2.75, 3.05) is 0 Å². The van der Waals surface area contributed by atoms with Crippen molar-refractivity contribution in [2.45, 2.75) is 51.0 Å². The topological polar surface area (TPSA) is 155 Å². The van der Waals surface area contributed by atoms with E-state index in [1.54, 1.807) is 24.3 Å². The highest BCUT2D eigenvalue weighted by Gasteiger charge is 2.29. The summed E-state index contributed by atoms with van der Waals surface area (Å²) in [5, 5.41) is 23.0. The van der Waals surface area contributed by atoms with Crippen LogP contribution in [0.4, 0.5) is 4.79 Å². The summed E-state index contributed by atoms with van der Waals surface area (Å²) in [5.41, 5.74) is 6.01. The van der Waals surface area contributed by atoms with Gasteiger partial charge in [-0.25, -0.2) is 4.79 Å². The summed E-state index contributed by atoms with van der Waals surface area (Å²) < 4.78 is 5.02. The number of nitriles is 1. The summed E-state index contributed by atoms with van der Waals surface area (Å²) in [5.74, 6) is -1.54. The quantitative estimate of drug-likeness (QED) is 0.431. The van der Waals surface area contributed by atoms with Gasteiger partial charge in [-0.2, -0.15) is 5.26 Å². The zero-order chi connectivity index (χ0) is 20.2. The fourth-order valence-corrected chi connectivity index (χ4v) is 2.23. The second kappa shape index (κ2) is 11.5. The van der Waals surface area contributed by atoms with Gasteiger partial charge in [0.15, 0.2) is 0 Å². The Balaban J connectivity index is 2.61. The summed E-state index contributed by atoms with van der Waals surface area (Å²) >= 11 is 0. The van der Waals surface area contributed by atoms with Gasteiger partial charge in [-0.05, 0) is 25.3 Å². The SMILES string of the molecule is C[C@@H](O)[C@H](NC(=O)OCc1ccccc1)C(=O)N[C@@H](CCCC#N)C(N)=O. The maximum absolute atomic E-state index is 12.3. The third kappa shape index (κ3) is 8.20. The van der Waals surface area contributed by atoms with E-state index >= 15 is 0 Å². The molecule has 9 heteroatoms. The van der Waals surface area contributed by atoms with Gasteiger partial charge in [0.05, 0.1) is 12.2 Å². The molecule has 9 nitrogen and oxygen atoms in total. The number of aliphatic hydroxyl groups excluding tert-OH is 1. The molecule has 0 aliphatic carbocycles. The van der Waals surface area contributed by atoms with Gasteiger partial charge in [0.2, 0.25) is 11.8 Å². The van der Waals surface area contributed by atoms with Gasteiger partial charge in [-0.15, -0.1) is 0 Å². The average Bonchev–Trinajstić information content (AvgIpc) is 2.64. The molecule has 1 rings (SSSR count). The summed E-state index contributed by atoms with van der Waals surface area (Å²) in [6, 6.07) is 8.54. The van der Waals surface area contributed by atoms with Gasteiger partial charge in [-0.3, -0.25) is 9.59 Å². The number of rotatable bonds is 10. The zero-order valence-electron chi connectivity index (χ0n) is 15.1. The fraction of sp³-hybridized carbons (Fsp3) is 0.444. The van der Waals surface area contributed by atoms with Crippen LogP contribution in [0.15, 0.2) is 30.3 Å². The molecular formula is C18H24N4O5. The number of aliphatic hydroxyl groups is 1. The molecule has 0 saturated carbocycles. The molecule has 0 fully saturated rings. The fourth-order valence-electron chi connectivity index (χ4n) is 2.23. The molecule has 5 N–H and O–H groups in total. The number of alkyl carbamates (subject to hydrolysis) is 1. The lowest BCUT2D eigenvalue weighted by molar-refractivity contribution is -0.130. The van der Waals surface area contributed by atoms with Gasteiger partial charge in [0.25, 0.3) is 0 Å². The third-order valence-electron chi connectivity index (χ3n) is 3.69. The number of hydrogen-bond donors (Lipinski definition) is 4. The maximum Gasteiger partial charge on any atom is 0.408 e. The Bertz CT molecular complexity index is 672. The summed E-state index contributed by atoms with van der Waals surface area (Å²) in [7, 11) is 0. The van der Waals surface area contributed by atoms with Crippen molar-refractivity contribution in [1.29, 1.82) is 5.26 Å². The second-order valence-corrected chi connectivity index (χ2v) is 5.94. The first-order valence-electron chi connectivity index (χ1n) is 8.47. The molecule has 0 unspecified atom stereocenters. The first kappa shape index (κ1) is 21.9. The van der Waals surface area contributed by atoms with E-state index in [0.29, 0.717) is 6.42 Å². The second-order valence-electron chi connectivity index (χ2n) is 5.94. The molecule has 0 heterocycles. The Kier molecular flexibility index (Phi) is 9.33. The first-order chi connectivity index (χ1) is 12.8. The van der Waals surface area contributed by atoms with Gasteiger partial charge >= 0.3 is 6.09 Å². The number of unbranched alkanes of at least 4 members (excludes halogenated alkanes) is 1. The predicted octanol–water partition coefficient (Wildman–Crippen LogP) is 0.326. The average molecular weight is 376 g/mol. The molecule has 0 bridgehead atoms. The van der Waals surface area contributed by atoms with E-state index in [1.165, 1.54) is 6.92 Å². The van der Waals surface area contributed by atoms with Crippen LogP contribution in [0.3, 0.4) is 0 Å². The van der Waals surface area contributed by atoms with E-state index in [9.17, 15) is 19.5 Å². The van der Waals surface area contributed by atoms with Crippen molar-refractivity contribution in [2.24, 2.45) is 5.73 Å². The number of carbonyl (C=O) groups excluding carboxylic acids is 3. The number of hydrogen-bond acceptors (Lipinski definition) is 6. The Hall–Kier alpha value is -3.12. The lowest BCUT2D eigenvalue weighted by atomic mass is 10.1. The Morgan fingerprint density at radius 1 is 1.26 bits per heavy atom. The number of nitrogens with zero attached hydrogens (tertiary/aromatic N) is 1. The first-order valence-corrected chi connectivity index (χ1v) is 8.47. The van der Waals surface area contributed by atoms with E-state index < -0.39 is 36.1 Å². The monoisotopic (exact) mass is 376 g/mol. The molecule has 0 spiro atoms. The molecule has 0 radical (unpaired) electrons. The molecule has 0 aromatic heterocycles. The van der Waals surface area contributed by atoms with Crippen LogP contribution in [0, 0.1) is 11.3 Å². The predicted molar refractivity (Wildman–Crippen MR) is 95.8 cm³/mol. The molecule has 146 valence electrons. The molecule has 27 heavy (non-hydrogen) atoms. The van der Waals surface area contributed by atoms with Crippen LogP contribution in [-0.4, -0.2) is 41.2 Å². The van der Waals surface area contributed by atoms with Gasteiger partial charge in [-0.1, -0.05) is 30.3 Å². The number of benzene rings is 1. The summed E-state index contributed by atoms with van der Waals surface area (Å²) in [6.07, 6.45) is -1.36. The number of nitrogens with two attached hydrogens (primary N) is 1. The minimum Gasteiger partial charge on any atom is -0.445 e. The number of nitrogens with one attached hydrogen (secondary N) is 2. The van der Waals surface area contributed by atoms with Crippen LogP contribution in [-0.2, 0) is 20.9 Å². The molecule has 3 atom stereocenters. The largest absolute Gasteiger partial charge is 0.445 e. The Morgan fingerprint density at radius 2 is 1.93 bits per heavy atom. The van der Waals surface area contributed by atoms with Gasteiger partial charge in [0.1, 0.15) is 18.7 Å². The molecule has 0 saturated heterocycles. The zero-order valence-corrected chi connectivity index (χ0v) is 15.1. The van der Waals surface area contributed by atoms with Crippen LogP contribution in [0.2, 0.25) is 0 Å². The number of amides is 3. The van der Waals surface area contributed by atoms with Gasteiger partial charge < -0.3 is 26.2 Å².